The van der Waals surface area contributed by atoms with Crippen LogP contribution < -0.4 is 4.74 Å². The molecule has 162 valence electrons. The highest BCUT2D eigenvalue weighted by Gasteiger charge is 2.42. The first-order valence-corrected chi connectivity index (χ1v) is 12.8. The fraction of sp³-hybridized carbons (Fsp3) is 0.500. The van der Waals surface area contributed by atoms with Gasteiger partial charge in [0, 0.05) is 30.4 Å². The highest BCUT2D eigenvalue weighted by atomic mass is 32.2. The Hall–Kier alpha value is -1.90. The fourth-order valence-corrected chi connectivity index (χ4v) is 7.35. The maximum Gasteiger partial charge on any atom is 0.253 e. The van der Waals surface area contributed by atoms with Gasteiger partial charge in [-0.25, -0.2) is 8.42 Å². The van der Waals surface area contributed by atoms with E-state index in [1.165, 1.54) is 15.6 Å². The van der Waals surface area contributed by atoms with Crippen LogP contribution in [0.1, 0.15) is 30.6 Å². The minimum absolute atomic E-state index is 0.0613. The van der Waals surface area contributed by atoms with Gasteiger partial charge in [-0.1, -0.05) is 18.2 Å². The van der Waals surface area contributed by atoms with Gasteiger partial charge in [0.1, 0.15) is 16.0 Å². The number of ether oxygens (including phenoxy) is 1. The van der Waals surface area contributed by atoms with E-state index >= 15 is 0 Å². The zero-order chi connectivity index (χ0) is 21.1. The number of hydrogen-bond acceptors (Lipinski definition) is 5. The van der Waals surface area contributed by atoms with Crippen molar-refractivity contribution in [2.24, 2.45) is 5.92 Å². The smallest absolute Gasteiger partial charge is 0.253 e. The molecule has 1 aromatic carbocycles. The van der Waals surface area contributed by atoms with E-state index in [9.17, 15) is 13.2 Å². The average Bonchev–Trinajstić information content (AvgIpc) is 3.43. The zero-order valence-electron chi connectivity index (χ0n) is 17.2. The zero-order valence-corrected chi connectivity index (χ0v) is 18.8. The Morgan fingerprint density at radius 3 is 2.60 bits per heavy atom. The van der Waals surface area contributed by atoms with Gasteiger partial charge in [-0.3, -0.25) is 4.79 Å². The highest BCUT2D eigenvalue weighted by Crippen LogP contribution is 2.31. The summed E-state index contributed by atoms with van der Waals surface area (Å²) in [6.45, 7) is 4.16. The van der Waals surface area contributed by atoms with Crippen molar-refractivity contribution in [3.63, 3.8) is 0 Å². The van der Waals surface area contributed by atoms with Gasteiger partial charge in [-0.2, -0.15) is 4.31 Å². The van der Waals surface area contributed by atoms with E-state index in [-0.39, 0.29) is 11.8 Å². The molecule has 2 unspecified atom stereocenters. The molecule has 1 amide bonds. The molecule has 2 aliphatic rings. The molecular weight excluding hydrogens is 420 g/mol. The Morgan fingerprint density at radius 2 is 1.87 bits per heavy atom. The second-order valence-corrected chi connectivity index (χ2v) is 11.5. The number of amides is 1. The molecule has 0 spiro atoms. The van der Waals surface area contributed by atoms with Crippen molar-refractivity contribution in [1.82, 2.24) is 9.21 Å². The Bertz CT molecular complexity index is 974. The predicted octanol–water partition coefficient (Wildman–Crippen LogP) is 3.53. The molecule has 1 aromatic heterocycles. The van der Waals surface area contributed by atoms with Gasteiger partial charge in [-0.15, -0.1) is 11.3 Å². The van der Waals surface area contributed by atoms with Crippen molar-refractivity contribution in [1.29, 1.82) is 0 Å². The number of likely N-dealkylation sites (tertiary alicyclic amines) is 1. The van der Waals surface area contributed by atoms with Crippen molar-refractivity contribution in [3.8, 4) is 5.75 Å². The predicted molar refractivity (Wildman–Crippen MR) is 117 cm³/mol. The summed E-state index contributed by atoms with van der Waals surface area (Å²) in [4.78, 5) is 16.1. The number of nitrogens with zero attached hydrogens (tertiary/aromatic N) is 2. The Kier molecular flexibility index (Phi) is 6.46. The standard InChI is InChI=1S/C22H28N2O4S2/c1-17-11-12-21(29-17)30(26,27)24-14-6-10-20(24)22(25)23-13-5-7-18(15-23)16-28-19-8-3-2-4-9-19/h2-4,8-9,11-12,18,20H,5-7,10,13-16H2,1H3. The summed E-state index contributed by atoms with van der Waals surface area (Å²) < 4.78 is 33.9. The van der Waals surface area contributed by atoms with Crippen molar-refractivity contribution in [2.75, 3.05) is 26.2 Å². The third-order valence-electron chi connectivity index (χ3n) is 5.83. The van der Waals surface area contributed by atoms with Crippen LogP contribution in [0.3, 0.4) is 0 Å². The first-order valence-electron chi connectivity index (χ1n) is 10.5. The minimum atomic E-state index is -3.63. The molecule has 6 nitrogen and oxygen atoms in total. The lowest BCUT2D eigenvalue weighted by Gasteiger charge is -2.35. The Labute approximate surface area is 182 Å². The van der Waals surface area contributed by atoms with E-state index in [2.05, 4.69) is 0 Å². The second-order valence-electron chi connectivity index (χ2n) is 8.06. The largest absolute Gasteiger partial charge is 0.493 e. The third-order valence-corrected chi connectivity index (χ3v) is 9.20. The van der Waals surface area contributed by atoms with Crippen LogP contribution in [-0.2, 0) is 14.8 Å². The van der Waals surface area contributed by atoms with Crippen LogP contribution in [0.5, 0.6) is 5.75 Å². The SMILES string of the molecule is Cc1ccc(S(=O)(=O)N2CCCC2C(=O)N2CCCC(COc3ccccc3)C2)s1. The van der Waals surface area contributed by atoms with E-state index in [0.29, 0.717) is 43.3 Å². The summed E-state index contributed by atoms with van der Waals surface area (Å²) in [5.74, 6) is 1.03. The average molecular weight is 449 g/mol. The topological polar surface area (TPSA) is 66.9 Å². The normalized spacial score (nSPS) is 22.9. The molecule has 0 saturated carbocycles. The van der Waals surface area contributed by atoms with Crippen LogP contribution >= 0.6 is 11.3 Å². The number of sulfonamides is 1. The van der Waals surface area contributed by atoms with E-state index in [0.717, 1.165) is 23.5 Å². The first kappa shape index (κ1) is 21.3. The number of rotatable bonds is 6. The van der Waals surface area contributed by atoms with Crippen LogP contribution in [-0.4, -0.2) is 55.8 Å². The number of para-hydroxylation sites is 1. The molecule has 0 aliphatic carbocycles. The molecule has 3 heterocycles. The number of hydrogen-bond donors (Lipinski definition) is 0. The number of benzene rings is 1. The molecule has 8 heteroatoms. The van der Waals surface area contributed by atoms with Crippen LogP contribution in [0, 0.1) is 12.8 Å². The van der Waals surface area contributed by atoms with Gasteiger partial charge in [0.05, 0.1) is 6.61 Å². The van der Waals surface area contributed by atoms with Gasteiger partial charge in [0.15, 0.2) is 0 Å². The molecule has 2 aliphatic heterocycles. The van der Waals surface area contributed by atoms with Crippen molar-refractivity contribution >= 4 is 27.3 Å². The van der Waals surface area contributed by atoms with Crippen LogP contribution in [0.15, 0.2) is 46.7 Å². The monoisotopic (exact) mass is 448 g/mol. The van der Waals surface area contributed by atoms with Gasteiger partial charge >= 0.3 is 0 Å². The minimum Gasteiger partial charge on any atom is -0.493 e. The number of carbonyl (C=O) groups excluding carboxylic acids is 1. The molecule has 0 N–H and O–H groups in total. The summed E-state index contributed by atoms with van der Waals surface area (Å²) >= 11 is 1.26. The molecular formula is C22H28N2O4S2. The summed E-state index contributed by atoms with van der Waals surface area (Å²) in [7, 11) is -3.63. The lowest BCUT2D eigenvalue weighted by atomic mass is 9.98. The van der Waals surface area contributed by atoms with Gasteiger partial charge < -0.3 is 9.64 Å². The van der Waals surface area contributed by atoms with Gasteiger partial charge in [0.2, 0.25) is 5.91 Å². The maximum absolute atomic E-state index is 13.3. The van der Waals surface area contributed by atoms with Gasteiger partial charge in [0.25, 0.3) is 10.0 Å². The van der Waals surface area contributed by atoms with E-state index in [4.69, 9.17) is 4.74 Å². The third kappa shape index (κ3) is 4.55. The fourth-order valence-electron chi connectivity index (χ4n) is 4.28. The molecule has 2 saturated heterocycles. The van der Waals surface area contributed by atoms with Crippen LogP contribution in [0.25, 0.3) is 0 Å². The van der Waals surface area contributed by atoms with E-state index < -0.39 is 16.1 Å². The lowest BCUT2D eigenvalue weighted by molar-refractivity contribution is -0.136. The molecule has 30 heavy (non-hydrogen) atoms. The maximum atomic E-state index is 13.3. The Balaban J connectivity index is 1.41. The quantitative estimate of drug-likeness (QED) is 0.678. The van der Waals surface area contributed by atoms with E-state index in [1.54, 1.807) is 6.07 Å². The summed E-state index contributed by atoms with van der Waals surface area (Å²) in [5, 5.41) is 0. The molecule has 2 fully saturated rings. The first-order chi connectivity index (χ1) is 14.4. The summed E-state index contributed by atoms with van der Waals surface area (Å²) in [5.41, 5.74) is 0. The molecule has 4 rings (SSSR count). The van der Waals surface area contributed by atoms with Crippen molar-refractivity contribution < 1.29 is 17.9 Å². The molecule has 0 radical (unpaired) electrons. The van der Waals surface area contributed by atoms with Crippen LogP contribution in [0.4, 0.5) is 0 Å². The summed E-state index contributed by atoms with van der Waals surface area (Å²) in [6, 6.07) is 12.6. The number of thiophene rings is 1. The Morgan fingerprint density at radius 1 is 1.10 bits per heavy atom. The molecule has 2 aromatic rings. The van der Waals surface area contributed by atoms with Crippen molar-refractivity contribution in [3.05, 3.63) is 47.3 Å². The lowest BCUT2D eigenvalue weighted by Crippen LogP contribution is -2.51. The van der Waals surface area contributed by atoms with Crippen LogP contribution in [0.2, 0.25) is 0 Å². The van der Waals surface area contributed by atoms with Gasteiger partial charge in [-0.05, 0) is 56.9 Å². The van der Waals surface area contributed by atoms with E-state index in [1.807, 2.05) is 48.2 Å². The van der Waals surface area contributed by atoms with Crippen molar-refractivity contribution in [2.45, 2.75) is 42.9 Å². The number of aryl methyl sites for hydroxylation is 1. The summed E-state index contributed by atoms with van der Waals surface area (Å²) in [6.07, 6.45) is 3.23. The number of carbonyl (C=O) groups is 1. The second kappa shape index (κ2) is 9.08. The highest BCUT2D eigenvalue weighted by molar-refractivity contribution is 7.91. The molecule has 0 bridgehead atoms. The number of piperidine rings is 1. The molecule has 2 atom stereocenters.